The maximum Gasteiger partial charge on any atom is 0.253 e. The molecule has 2 saturated heterocycles. The number of amides is 1. The molecule has 5 nitrogen and oxygen atoms in total. The van der Waals surface area contributed by atoms with Crippen LogP contribution in [-0.2, 0) is 6.54 Å². The van der Waals surface area contributed by atoms with Crippen molar-refractivity contribution < 1.29 is 14.3 Å². The number of hydrogen-bond acceptors (Lipinski definition) is 4. The number of fused-ring (bicyclic) bond motifs is 2. The van der Waals surface area contributed by atoms with Crippen molar-refractivity contribution in [1.82, 2.24) is 9.80 Å². The topological polar surface area (TPSA) is 42.0 Å². The molecule has 3 aromatic carbocycles. The number of nitrogens with zero attached hydrogens (tertiary/aromatic N) is 2. The first-order valence-electron chi connectivity index (χ1n) is 12.1. The molecule has 34 heavy (non-hydrogen) atoms. The predicted molar refractivity (Wildman–Crippen MR) is 133 cm³/mol. The lowest BCUT2D eigenvalue weighted by Crippen LogP contribution is -2.43. The molecule has 5 heteroatoms. The van der Waals surface area contributed by atoms with Crippen LogP contribution in [0.3, 0.4) is 0 Å². The van der Waals surface area contributed by atoms with E-state index in [2.05, 4.69) is 24.1 Å². The molecule has 2 aliphatic rings. The Morgan fingerprint density at radius 2 is 1.44 bits per heavy atom. The van der Waals surface area contributed by atoms with Crippen LogP contribution in [0.1, 0.15) is 41.6 Å². The second-order valence-corrected chi connectivity index (χ2v) is 9.51. The van der Waals surface area contributed by atoms with Crippen LogP contribution < -0.4 is 9.47 Å². The zero-order valence-corrected chi connectivity index (χ0v) is 19.9. The van der Waals surface area contributed by atoms with E-state index in [4.69, 9.17) is 9.47 Å². The summed E-state index contributed by atoms with van der Waals surface area (Å²) in [6, 6.07) is 26.4. The highest BCUT2D eigenvalue weighted by Crippen LogP contribution is 2.36. The van der Waals surface area contributed by atoms with Gasteiger partial charge in [0.1, 0.15) is 23.4 Å². The number of ether oxygens (including phenoxy) is 2. The Hall–Kier alpha value is -3.31. The van der Waals surface area contributed by atoms with Crippen molar-refractivity contribution in [2.45, 2.75) is 50.4 Å². The first kappa shape index (κ1) is 22.5. The van der Waals surface area contributed by atoms with Crippen LogP contribution in [0.2, 0.25) is 0 Å². The normalized spacial score (nSPS) is 21.8. The number of carbonyl (C=O) groups is 1. The fraction of sp³-hybridized carbons (Fsp3) is 0.345. The Bertz CT molecular complexity index is 1080. The number of piperidine rings is 1. The molecule has 2 heterocycles. The van der Waals surface area contributed by atoms with Gasteiger partial charge >= 0.3 is 0 Å². The highest BCUT2D eigenvalue weighted by molar-refractivity contribution is 5.94. The van der Waals surface area contributed by atoms with Gasteiger partial charge in [0.05, 0.1) is 0 Å². The summed E-state index contributed by atoms with van der Waals surface area (Å²) in [5.74, 6) is 2.38. The SMILES string of the molecule is CN(Cc1ccc(OC2CC3CCC(C2)N3C)cc1)C(=O)c1ccc(Oc2ccccc2)cc1. The molecular weight excluding hydrogens is 424 g/mol. The summed E-state index contributed by atoms with van der Waals surface area (Å²) in [7, 11) is 4.08. The lowest BCUT2D eigenvalue weighted by atomic mass is 10.0. The van der Waals surface area contributed by atoms with Crippen molar-refractivity contribution in [3.63, 3.8) is 0 Å². The first-order valence-corrected chi connectivity index (χ1v) is 12.1. The molecule has 176 valence electrons. The summed E-state index contributed by atoms with van der Waals surface area (Å²) in [4.78, 5) is 17.2. The first-order chi connectivity index (χ1) is 16.5. The monoisotopic (exact) mass is 456 g/mol. The van der Waals surface area contributed by atoms with Gasteiger partial charge in [0, 0.05) is 31.2 Å². The minimum absolute atomic E-state index is 0.0200. The minimum Gasteiger partial charge on any atom is -0.490 e. The number of carbonyl (C=O) groups excluding carboxylic acids is 1. The Kier molecular flexibility index (Phi) is 6.54. The number of rotatable bonds is 7. The molecule has 0 radical (unpaired) electrons. The van der Waals surface area contributed by atoms with E-state index in [-0.39, 0.29) is 5.91 Å². The van der Waals surface area contributed by atoms with Crippen LogP contribution in [0.4, 0.5) is 0 Å². The van der Waals surface area contributed by atoms with Crippen LogP contribution in [0.15, 0.2) is 78.9 Å². The molecule has 2 aliphatic heterocycles. The van der Waals surface area contributed by atoms with Crippen molar-refractivity contribution in [1.29, 1.82) is 0 Å². The van der Waals surface area contributed by atoms with Crippen molar-refractivity contribution in [3.05, 3.63) is 90.0 Å². The molecule has 1 amide bonds. The molecule has 0 aromatic heterocycles. The number of benzene rings is 3. The fourth-order valence-corrected chi connectivity index (χ4v) is 5.18. The predicted octanol–water partition coefficient (Wildman–Crippen LogP) is 5.76. The Labute approximate surface area is 201 Å². The standard InChI is InChI=1S/C29H32N2O3/c1-30(29(32)22-10-16-27(17-11-22)33-25-6-4-3-5-7-25)20-21-8-14-26(15-9-21)34-28-18-23-12-13-24(19-28)31(23)2/h3-11,14-17,23-24,28H,12-13,18-20H2,1-2H3. The van der Waals surface area contributed by atoms with Crippen molar-refractivity contribution >= 4 is 5.91 Å². The van der Waals surface area contributed by atoms with Crippen LogP contribution >= 0.6 is 0 Å². The van der Waals surface area contributed by atoms with Gasteiger partial charge in [-0.15, -0.1) is 0 Å². The smallest absolute Gasteiger partial charge is 0.253 e. The fourth-order valence-electron chi connectivity index (χ4n) is 5.18. The summed E-state index contributed by atoms with van der Waals surface area (Å²) >= 11 is 0. The Morgan fingerprint density at radius 3 is 2.09 bits per heavy atom. The lowest BCUT2D eigenvalue weighted by molar-refractivity contribution is 0.0661. The molecule has 3 aromatic rings. The van der Waals surface area contributed by atoms with E-state index in [1.807, 2.05) is 73.8 Å². The van der Waals surface area contributed by atoms with Gasteiger partial charge in [-0.05, 0) is 86.8 Å². The summed E-state index contributed by atoms with van der Waals surface area (Å²) in [5, 5.41) is 0. The minimum atomic E-state index is -0.0200. The van der Waals surface area contributed by atoms with Crippen LogP contribution in [-0.4, -0.2) is 48.0 Å². The summed E-state index contributed by atoms with van der Waals surface area (Å²) in [5.41, 5.74) is 1.72. The van der Waals surface area contributed by atoms with E-state index in [1.165, 1.54) is 12.8 Å². The zero-order chi connectivity index (χ0) is 23.5. The molecule has 2 fully saturated rings. The van der Waals surface area contributed by atoms with E-state index in [0.717, 1.165) is 29.9 Å². The maximum atomic E-state index is 12.9. The highest BCUT2D eigenvalue weighted by atomic mass is 16.5. The average molecular weight is 457 g/mol. The third kappa shape index (κ3) is 5.10. The Balaban J connectivity index is 1.14. The van der Waals surface area contributed by atoms with Crippen molar-refractivity contribution in [2.75, 3.05) is 14.1 Å². The molecule has 2 unspecified atom stereocenters. The molecule has 2 atom stereocenters. The molecule has 0 aliphatic carbocycles. The summed E-state index contributed by atoms with van der Waals surface area (Å²) in [6.07, 6.45) is 5.12. The second-order valence-electron chi connectivity index (χ2n) is 9.51. The van der Waals surface area contributed by atoms with Gasteiger partial charge in [-0.1, -0.05) is 30.3 Å². The van der Waals surface area contributed by atoms with E-state index in [0.29, 0.717) is 36.0 Å². The third-order valence-corrected chi connectivity index (χ3v) is 7.13. The van der Waals surface area contributed by atoms with Gasteiger partial charge in [0.15, 0.2) is 0 Å². The molecule has 0 saturated carbocycles. The molecule has 0 N–H and O–H groups in total. The molecule has 5 rings (SSSR count). The van der Waals surface area contributed by atoms with Crippen molar-refractivity contribution in [2.24, 2.45) is 0 Å². The quantitative estimate of drug-likeness (QED) is 0.454. The van der Waals surface area contributed by atoms with Crippen LogP contribution in [0.5, 0.6) is 17.2 Å². The number of hydrogen-bond donors (Lipinski definition) is 0. The van der Waals surface area contributed by atoms with Gasteiger partial charge in [0.25, 0.3) is 5.91 Å². The number of para-hydroxylation sites is 1. The van der Waals surface area contributed by atoms with Gasteiger partial charge in [0.2, 0.25) is 0 Å². The van der Waals surface area contributed by atoms with Gasteiger partial charge in [-0.2, -0.15) is 0 Å². The molecular formula is C29H32N2O3. The summed E-state index contributed by atoms with van der Waals surface area (Å²) in [6.45, 7) is 0.541. The van der Waals surface area contributed by atoms with Crippen LogP contribution in [0.25, 0.3) is 0 Å². The van der Waals surface area contributed by atoms with Gasteiger partial charge in [-0.25, -0.2) is 0 Å². The van der Waals surface area contributed by atoms with E-state index >= 15 is 0 Å². The maximum absolute atomic E-state index is 12.9. The van der Waals surface area contributed by atoms with Crippen molar-refractivity contribution in [3.8, 4) is 17.2 Å². The average Bonchev–Trinajstić information content (AvgIpc) is 3.05. The zero-order valence-electron chi connectivity index (χ0n) is 19.9. The van der Waals surface area contributed by atoms with Gasteiger partial charge in [-0.3, -0.25) is 4.79 Å². The van der Waals surface area contributed by atoms with E-state index < -0.39 is 0 Å². The van der Waals surface area contributed by atoms with E-state index in [1.54, 1.807) is 4.90 Å². The molecule has 2 bridgehead atoms. The summed E-state index contributed by atoms with van der Waals surface area (Å²) < 4.78 is 12.1. The highest BCUT2D eigenvalue weighted by Gasteiger charge is 2.39. The lowest BCUT2D eigenvalue weighted by Gasteiger charge is -2.36. The largest absolute Gasteiger partial charge is 0.490 e. The van der Waals surface area contributed by atoms with Gasteiger partial charge < -0.3 is 19.3 Å². The molecule has 0 spiro atoms. The third-order valence-electron chi connectivity index (χ3n) is 7.13. The second kappa shape index (κ2) is 9.90. The van der Waals surface area contributed by atoms with Crippen LogP contribution in [0, 0.1) is 0 Å². The Morgan fingerprint density at radius 1 is 0.853 bits per heavy atom. The van der Waals surface area contributed by atoms with E-state index in [9.17, 15) is 4.79 Å².